The summed E-state index contributed by atoms with van der Waals surface area (Å²) in [5.74, 6) is -2.71. The maximum absolute atomic E-state index is 12.2. The second-order valence-electron chi connectivity index (χ2n) is 2.52. The lowest BCUT2D eigenvalue weighted by Crippen LogP contribution is -2.25. The van der Waals surface area contributed by atoms with Gasteiger partial charge in [0.25, 0.3) is 5.92 Å². The maximum Gasteiger partial charge on any atom is 0.258 e. The summed E-state index contributed by atoms with van der Waals surface area (Å²) < 4.78 is 24.4. The van der Waals surface area contributed by atoms with Crippen LogP contribution < -0.4 is 5.73 Å². The van der Waals surface area contributed by atoms with Crippen molar-refractivity contribution in [2.75, 3.05) is 13.2 Å². The fourth-order valence-corrected chi connectivity index (χ4v) is 0.838. The van der Waals surface area contributed by atoms with E-state index in [1.807, 2.05) is 0 Å². The van der Waals surface area contributed by atoms with E-state index in [1.54, 1.807) is 0 Å². The van der Waals surface area contributed by atoms with Crippen LogP contribution in [0.2, 0.25) is 0 Å². The van der Waals surface area contributed by atoms with Crippen molar-refractivity contribution in [3.63, 3.8) is 0 Å². The van der Waals surface area contributed by atoms with Gasteiger partial charge in [-0.05, 0) is 0 Å². The highest BCUT2D eigenvalue weighted by atomic mass is 19.3. The number of alkyl halides is 2. The van der Waals surface area contributed by atoms with Gasteiger partial charge < -0.3 is 10.8 Å². The third kappa shape index (κ3) is 0.737. The van der Waals surface area contributed by atoms with E-state index in [0.29, 0.717) is 0 Å². The van der Waals surface area contributed by atoms with Crippen molar-refractivity contribution in [2.24, 2.45) is 11.1 Å². The highest BCUT2D eigenvalue weighted by Gasteiger charge is 2.69. The van der Waals surface area contributed by atoms with Crippen molar-refractivity contribution in [1.29, 1.82) is 0 Å². The Balaban J connectivity index is 2.57. The molecule has 3 N–H and O–H groups in total. The van der Waals surface area contributed by atoms with Gasteiger partial charge in [-0.3, -0.25) is 0 Å². The predicted octanol–water partition coefficient (Wildman–Crippen LogP) is -0.0372. The van der Waals surface area contributed by atoms with Crippen LogP contribution in [-0.4, -0.2) is 24.2 Å². The number of halogens is 2. The van der Waals surface area contributed by atoms with Gasteiger partial charge >= 0.3 is 0 Å². The van der Waals surface area contributed by atoms with Crippen LogP contribution >= 0.6 is 0 Å². The van der Waals surface area contributed by atoms with Gasteiger partial charge in [0.1, 0.15) is 0 Å². The van der Waals surface area contributed by atoms with Crippen molar-refractivity contribution in [3.05, 3.63) is 0 Å². The Bertz CT molecular complexity index is 122. The van der Waals surface area contributed by atoms with Crippen LogP contribution in [0.15, 0.2) is 0 Å². The number of rotatable bonds is 2. The minimum Gasteiger partial charge on any atom is -0.396 e. The molecule has 1 atom stereocenters. The highest BCUT2D eigenvalue weighted by molar-refractivity contribution is 5.10. The molecule has 1 rings (SSSR count). The van der Waals surface area contributed by atoms with Crippen LogP contribution in [0.5, 0.6) is 0 Å². The van der Waals surface area contributed by atoms with Crippen LogP contribution in [0.1, 0.15) is 6.42 Å². The summed E-state index contributed by atoms with van der Waals surface area (Å²) in [5, 5.41) is 8.43. The SMILES string of the molecule is NC[C@@]1(CO)CC1(F)F. The molecule has 4 heteroatoms. The lowest BCUT2D eigenvalue weighted by atomic mass is 10.1. The van der Waals surface area contributed by atoms with Gasteiger partial charge in [0.05, 0.1) is 12.0 Å². The zero-order valence-corrected chi connectivity index (χ0v) is 4.90. The van der Waals surface area contributed by atoms with Gasteiger partial charge in [0.15, 0.2) is 0 Å². The number of hydrogen-bond acceptors (Lipinski definition) is 2. The molecular weight excluding hydrogens is 128 g/mol. The van der Waals surface area contributed by atoms with Gasteiger partial charge in [0.2, 0.25) is 0 Å². The Morgan fingerprint density at radius 3 is 2.00 bits per heavy atom. The average Bonchev–Trinajstić information content (AvgIpc) is 2.35. The molecule has 1 fully saturated rings. The molecule has 0 aliphatic heterocycles. The summed E-state index contributed by atoms with van der Waals surface area (Å²) in [4.78, 5) is 0. The molecule has 0 spiro atoms. The monoisotopic (exact) mass is 137 g/mol. The Kier molecular flexibility index (Phi) is 1.25. The topological polar surface area (TPSA) is 46.2 Å². The Hall–Kier alpha value is -0.220. The Morgan fingerprint density at radius 2 is 2.00 bits per heavy atom. The number of aliphatic hydroxyl groups is 1. The second-order valence-corrected chi connectivity index (χ2v) is 2.52. The molecule has 0 radical (unpaired) electrons. The van der Waals surface area contributed by atoms with Crippen molar-refractivity contribution < 1.29 is 13.9 Å². The van der Waals surface area contributed by atoms with Crippen molar-refractivity contribution in [1.82, 2.24) is 0 Å². The predicted molar refractivity (Wildman–Crippen MR) is 28.1 cm³/mol. The fraction of sp³-hybridized carbons (Fsp3) is 1.00. The van der Waals surface area contributed by atoms with Crippen molar-refractivity contribution in [3.8, 4) is 0 Å². The first-order valence-corrected chi connectivity index (χ1v) is 2.77. The van der Waals surface area contributed by atoms with E-state index in [4.69, 9.17) is 10.8 Å². The summed E-state index contributed by atoms with van der Waals surface area (Å²) >= 11 is 0. The molecule has 0 saturated heterocycles. The van der Waals surface area contributed by atoms with Gasteiger partial charge in [0, 0.05) is 13.0 Å². The van der Waals surface area contributed by atoms with Crippen LogP contribution in [0, 0.1) is 5.41 Å². The van der Waals surface area contributed by atoms with Crippen LogP contribution in [-0.2, 0) is 0 Å². The molecule has 1 aliphatic rings. The number of nitrogens with two attached hydrogens (primary N) is 1. The molecule has 0 heterocycles. The molecule has 0 amide bonds. The first-order valence-electron chi connectivity index (χ1n) is 2.77. The van der Waals surface area contributed by atoms with E-state index >= 15 is 0 Å². The van der Waals surface area contributed by atoms with E-state index in [1.165, 1.54) is 0 Å². The van der Waals surface area contributed by atoms with Gasteiger partial charge in [-0.1, -0.05) is 0 Å². The van der Waals surface area contributed by atoms with E-state index in [2.05, 4.69) is 0 Å². The van der Waals surface area contributed by atoms with E-state index in [-0.39, 0.29) is 13.0 Å². The minimum atomic E-state index is -2.71. The molecule has 0 bridgehead atoms. The maximum atomic E-state index is 12.2. The molecule has 2 nitrogen and oxygen atoms in total. The van der Waals surface area contributed by atoms with Gasteiger partial charge in [-0.25, -0.2) is 8.78 Å². The fourth-order valence-electron chi connectivity index (χ4n) is 0.838. The molecule has 1 saturated carbocycles. The normalized spacial score (nSPS) is 38.7. The first-order chi connectivity index (χ1) is 4.08. The molecular formula is C5H9F2NO. The van der Waals surface area contributed by atoms with Crippen LogP contribution in [0.25, 0.3) is 0 Å². The molecule has 0 aromatic rings. The second kappa shape index (κ2) is 1.64. The zero-order valence-electron chi connectivity index (χ0n) is 4.90. The standard InChI is InChI=1S/C5H9F2NO/c6-5(7)1-4(5,2-8)3-9/h9H,1-3,8H2/t4-/m1/s1. The third-order valence-corrected chi connectivity index (χ3v) is 1.90. The Labute approximate surface area is 51.7 Å². The zero-order chi connectivity index (χ0) is 7.12. The number of hydrogen-bond donors (Lipinski definition) is 2. The lowest BCUT2D eigenvalue weighted by molar-refractivity contribution is 0.0407. The molecule has 0 aromatic heterocycles. The molecule has 0 aromatic carbocycles. The minimum absolute atomic E-state index is 0.128. The quantitative estimate of drug-likeness (QED) is 0.561. The van der Waals surface area contributed by atoms with Crippen molar-refractivity contribution in [2.45, 2.75) is 12.3 Å². The van der Waals surface area contributed by atoms with Gasteiger partial charge in [-0.2, -0.15) is 0 Å². The van der Waals surface area contributed by atoms with Gasteiger partial charge in [-0.15, -0.1) is 0 Å². The summed E-state index contributed by atoms with van der Waals surface area (Å²) in [6.07, 6.45) is -0.257. The molecule has 54 valence electrons. The third-order valence-electron chi connectivity index (χ3n) is 1.90. The average molecular weight is 137 g/mol. The molecule has 0 unspecified atom stereocenters. The van der Waals surface area contributed by atoms with E-state index in [0.717, 1.165) is 0 Å². The summed E-state index contributed by atoms with van der Waals surface area (Å²) in [7, 11) is 0. The summed E-state index contributed by atoms with van der Waals surface area (Å²) in [6, 6.07) is 0. The van der Waals surface area contributed by atoms with Crippen LogP contribution in [0.3, 0.4) is 0 Å². The lowest BCUT2D eigenvalue weighted by Gasteiger charge is -2.07. The summed E-state index contributed by atoms with van der Waals surface area (Å²) in [6.45, 7) is -0.632. The smallest absolute Gasteiger partial charge is 0.258 e. The van der Waals surface area contributed by atoms with Crippen LogP contribution in [0.4, 0.5) is 8.78 Å². The highest BCUT2D eigenvalue weighted by Crippen LogP contribution is 2.59. The number of aliphatic hydroxyl groups excluding tert-OH is 1. The first kappa shape index (κ1) is 6.89. The van der Waals surface area contributed by atoms with E-state index in [9.17, 15) is 8.78 Å². The van der Waals surface area contributed by atoms with E-state index < -0.39 is 17.9 Å². The largest absolute Gasteiger partial charge is 0.396 e. The molecule has 9 heavy (non-hydrogen) atoms. The summed E-state index contributed by atoms with van der Waals surface area (Å²) in [5.41, 5.74) is 3.74. The van der Waals surface area contributed by atoms with Crippen molar-refractivity contribution >= 4 is 0 Å². The Morgan fingerprint density at radius 1 is 1.56 bits per heavy atom. The molecule has 1 aliphatic carbocycles.